The molecule has 0 spiro atoms. The summed E-state index contributed by atoms with van der Waals surface area (Å²) in [6, 6.07) is 10.8. The van der Waals surface area contributed by atoms with Crippen LogP contribution in [0.1, 0.15) is 28.8 Å². The van der Waals surface area contributed by atoms with E-state index in [4.69, 9.17) is 0 Å². The molecule has 1 aliphatic heterocycles. The number of carbonyl (C=O) groups is 1. The fourth-order valence-electron chi connectivity index (χ4n) is 2.81. The molecule has 126 valence electrons. The zero-order valence-electron chi connectivity index (χ0n) is 13.4. The molecular formula is C18H21N3O3. The Bertz CT molecular complexity index is 764. The van der Waals surface area contributed by atoms with Gasteiger partial charge in [0.2, 0.25) is 0 Å². The average Bonchev–Trinajstić information content (AvgIpc) is 2.61. The molecule has 1 fully saturated rings. The molecule has 0 aliphatic carbocycles. The Balaban J connectivity index is 1.66. The van der Waals surface area contributed by atoms with E-state index < -0.39 is 0 Å². The monoisotopic (exact) mass is 327 g/mol. The first-order chi connectivity index (χ1) is 11.6. The Morgan fingerprint density at radius 1 is 1.25 bits per heavy atom. The van der Waals surface area contributed by atoms with Crippen LogP contribution in [0, 0.1) is 0 Å². The smallest absolute Gasteiger partial charge is 0.253 e. The van der Waals surface area contributed by atoms with Crippen molar-refractivity contribution < 1.29 is 9.90 Å². The predicted octanol–water partition coefficient (Wildman–Crippen LogP) is 1.58. The van der Waals surface area contributed by atoms with Gasteiger partial charge in [0.25, 0.3) is 11.5 Å². The van der Waals surface area contributed by atoms with Gasteiger partial charge in [-0.1, -0.05) is 12.1 Å². The number of aromatic amines is 1. The highest BCUT2D eigenvalue weighted by Gasteiger charge is 2.22. The Labute approximate surface area is 140 Å². The number of hydrogen-bond donors (Lipinski definition) is 3. The summed E-state index contributed by atoms with van der Waals surface area (Å²) in [5.41, 5.74) is 1.92. The summed E-state index contributed by atoms with van der Waals surface area (Å²) in [5, 5.41) is 12.7. The van der Waals surface area contributed by atoms with Gasteiger partial charge in [0.05, 0.1) is 6.10 Å². The van der Waals surface area contributed by atoms with Gasteiger partial charge >= 0.3 is 0 Å². The summed E-state index contributed by atoms with van der Waals surface area (Å²) in [6.45, 7) is 1.55. The third kappa shape index (κ3) is 3.83. The molecule has 1 aliphatic rings. The maximum Gasteiger partial charge on any atom is 0.253 e. The number of anilines is 1. The lowest BCUT2D eigenvalue weighted by Gasteiger charge is -2.29. The van der Waals surface area contributed by atoms with Crippen LogP contribution in [0.2, 0.25) is 0 Å². The molecule has 2 heterocycles. The number of piperidine rings is 1. The number of carbonyl (C=O) groups excluding carboxylic acids is 1. The maximum absolute atomic E-state index is 12.5. The molecular weight excluding hydrogens is 306 g/mol. The molecule has 6 heteroatoms. The van der Waals surface area contributed by atoms with Crippen molar-refractivity contribution in [2.45, 2.75) is 25.5 Å². The van der Waals surface area contributed by atoms with Gasteiger partial charge in [0, 0.05) is 42.6 Å². The van der Waals surface area contributed by atoms with Crippen LogP contribution in [0.15, 0.2) is 47.4 Å². The number of H-pyrrole nitrogens is 1. The minimum Gasteiger partial charge on any atom is -0.393 e. The van der Waals surface area contributed by atoms with Crippen molar-refractivity contribution in [1.29, 1.82) is 0 Å². The third-order valence-corrected chi connectivity index (χ3v) is 4.24. The van der Waals surface area contributed by atoms with E-state index in [1.807, 2.05) is 12.1 Å². The fourth-order valence-corrected chi connectivity index (χ4v) is 2.81. The zero-order valence-corrected chi connectivity index (χ0v) is 13.4. The van der Waals surface area contributed by atoms with E-state index >= 15 is 0 Å². The molecule has 3 rings (SSSR count). The number of aromatic nitrogens is 1. The molecule has 1 amide bonds. The second-order valence-corrected chi connectivity index (χ2v) is 5.98. The van der Waals surface area contributed by atoms with E-state index in [1.165, 1.54) is 0 Å². The van der Waals surface area contributed by atoms with Crippen molar-refractivity contribution in [3.05, 3.63) is 64.1 Å². The molecule has 0 atom stereocenters. The quantitative estimate of drug-likeness (QED) is 0.796. The van der Waals surface area contributed by atoms with Gasteiger partial charge in [-0.2, -0.15) is 0 Å². The van der Waals surface area contributed by atoms with E-state index in [0.717, 1.165) is 5.69 Å². The summed E-state index contributed by atoms with van der Waals surface area (Å²) in [7, 11) is 0. The maximum atomic E-state index is 12.5. The van der Waals surface area contributed by atoms with Crippen LogP contribution < -0.4 is 10.9 Å². The molecule has 6 nitrogen and oxygen atoms in total. The highest BCUT2D eigenvalue weighted by atomic mass is 16.3. The van der Waals surface area contributed by atoms with Crippen LogP contribution in [-0.4, -0.2) is 40.1 Å². The van der Waals surface area contributed by atoms with Crippen molar-refractivity contribution in [3.8, 4) is 0 Å². The van der Waals surface area contributed by atoms with Crippen LogP contribution >= 0.6 is 0 Å². The Kier molecular flexibility index (Phi) is 4.96. The van der Waals surface area contributed by atoms with Crippen molar-refractivity contribution in [2.24, 2.45) is 0 Å². The van der Waals surface area contributed by atoms with Crippen LogP contribution in [-0.2, 0) is 6.54 Å². The summed E-state index contributed by atoms with van der Waals surface area (Å²) >= 11 is 0. The standard InChI is InChI=1S/C18H21N3O3/c22-16-6-9-21(10-7-16)18(24)13-3-1-5-15(11-13)20-12-14-4-2-8-19-17(14)23/h1-5,8,11,16,20,22H,6-7,9-10,12H2,(H,19,23). The van der Waals surface area contributed by atoms with E-state index in [1.54, 1.807) is 35.4 Å². The number of nitrogens with zero attached hydrogens (tertiary/aromatic N) is 1. The number of aliphatic hydroxyl groups excluding tert-OH is 1. The van der Waals surface area contributed by atoms with Gasteiger partial charge in [-0.15, -0.1) is 0 Å². The molecule has 1 aromatic carbocycles. The normalized spacial score (nSPS) is 15.3. The number of hydrogen-bond acceptors (Lipinski definition) is 4. The van der Waals surface area contributed by atoms with Crippen LogP contribution in [0.25, 0.3) is 0 Å². The number of rotatable bonds is 4. The first-order valence-electron chi connectivity index (χ1n) is 8.11. The number of benzene rings is 1. The van der Waals surface area contributed by atoms with E-state index in [2.05, 4.69) is 10.3 Å². The van der Waals surface area contributed by atoms with Gasteiger partial charge in [0.1, 0.15) is 0 Å². The lowest BCUT2D eigenvalue weighted by atomic mass is 10.1. The summed E-state index contributed by atoms with van der Waals surface area (Å²) in [5.74, 6) is -0.0249. The predicted molar refractivity (Wildman–Crippen MR) is 92.0 cm³/mol. The molecule has 0 bridgehead atoms. The van der Waals surface area contributed by atoms with Crippen molar-refractivity contribution in [1.82, 2.24) is 9.88 Å². The highest BCUT2D eigenvalue weighted by Crippen LogP contribution is 2.17. The average molecular weight is 327 g/mol. The second kappa shape index (κ2) is 7.31. The number of nitrogens with one attached hydrogen (secondary N) is 2. The molecule has 0 unspecified atom stereocenters. The second-order valence-electron chi connectivity index (χ2n) is 5.98. The molecule has 3 N–H and O–H groups in total. The highest BCUT2D eigenvalue weighted by molar-refractivity contribution is 5.95. The fraction of sp³-hybridized carbons (Fsp3) is 0.333. The minimum absolute atomic E-state index is 0.0249. The van der Waals surface area contributed by atoms with E-state index in [9.17, 15) is 14.7 Å². The Morgan fingerprint density at radius 2 is 2.04 bits per heavy atom. The Hall–Kier alpha value is -2.60. The topological polar surface area (TPSA) is 85.4 Å². The number of likely N-dealkylation sites (tertiary alicyclic amines) is 1. The number of amides is 1. The first kappa shape index (κ1) is 16.3. The van der Waals surface area contributed by atoms with Gasteiger partial charge in [-0.3, -0.25) is 9.59 Å². The van der Waals surface area contributed by atoms with Gasteiger partial charge in [-0.25, -0.2) is 0 Å². The van der Waals surface area contributed by atoms with E-state index in [0.29, 0.717) is 43.6 Å². The van der Waals surface area contributed by atoms with Crippen molar-refractivity contribution in [2.75, 3.05) is 18.4 Å². The summed E-state index contributed by atoms with van der Waals surface area (Å²) in [6.07, 6.45) is 2.55. The van der Waals surface area contributed by atoms with Crippen LogP contribution in [0.4, 0.5) is 5.69 Å². The van der Waals surface area contributed by atoms with E-state index in [-0.39, 0.29) is 17.6 Å². The number of aliphatic hydroxyl groups is 1. The molecule has 0 radical (unpaired) electrons. The zero-order chi connectivity index (χ0) is 16.9. The van der Waals surface area contributed by atoms with Crippen molar-refractivity contribution >= 4 is 11.6 Å². The molecule has 1 saturated heterocycles. The number of pyridine rings is 1. The Morgan fingerprint density at radius 3 is 2.79 bits per heavy atom. The lowest BCUT2D eigenvalue weighted by molar-refractivity contribution is 0.0546. The summed E-state index contributed by atoms with van der Waals surface area (Å²) < 4.78 is 0. The lowest BCUT2D eigenvalue weighted by Crippen LogP contribution is -2.40. The third-order valence-electron chi connectivity index (χ3n) is 4.24. The molecule has 2 aromatic rings. The molecule has 1 aromatic heterocycles. The largest absolute Gasteiger partial charge is 0.393 e. The minimum atomic E-state index is -0.300. The van der Waals surface area contributed by atoms with Crippen LogP contribution in [0.5, 0.6) is 0 Å². The summed E-state index contributed by atoms with van der Waals surface area (Å²) in [4.78, 5) is 28.6. The van der Waals surface area contributed by atoms with Gasteiger partial charge in [-0.05, 0) is 37.1 Å². The van der Waals surface area contributed by atoms with Crippen LogP contribution in [0.3, 0.4) is 0 Å². The molecule has 24 heavy (non-hydrogen) atoms. The SMILES string of the molecule is O=C(c1cccc(NCc2ccc[nH]c2=O)c1)N1CCC(O)CC1. The first-order valence-corrected chi connectivity index (χ1v) is 8.11. The van der Waals surface area contributed by atoms with Gasteiger partial charge in [0.15, 0.2) is 0 Å². The molecule has 0 saturated carbocycles. The van der Waals surface area contributed by atoms with Gasteiger partial charge < -0.3 is 20.3 Å². The van der Waals surface area contributed by atoms with Crippen molar-refractivity contribution in [3.63, 3.8) is 0 Å².